The molecule has 2 atom stereocenters. The zero-order valence-corrected chi connectivity index (χ0v) is 24.0. The van der Waals surface area contributed by atoms with Gasteiger partial charge in [-0.2, -0.15) is 15.3 Å². The molecule has 7 rings (SSSR count). The van der Waals surface area contributed by atoms with E-state index in [0.717, 1.165) is 63.2 Å². The molecule has 4 fully saturated rings. The third-order valence-corrected chi connectivity index (χ3v) is 9.52. The number of amides is 2. The molecule has 3 aliphatic heterocycles. The number of pyridine rings is 1. The van der Waals surface area contributed by atoms with Crippen molar-refractivity contribution in [3.05, 3.63) is 30.7 Å². The fourth-order valence-corrected chi connectivity index (χ4v) is 7.16. The van der Waals surface area contributed by atoms with Crippen LogP contribution in [-0.4, -0.2) is 109 Å². The summed E-state index contributed by atoms with van der Waals surface area (Å²) in [5.74, 6) is 0.559. The number of rotatable bonds is 6. The number of nitrogens with zero attached hydrogens (tertiary/aromatic N) is 10. The van der Waals surface area contributed by atoms with Crippen LogP contribution in [0.4, 0.5) is 17.3 Å². The molecule has 1 aliphatic carbocycles. The topological polar surface area (TPSA) is 131 Å². The molecule has 1 N–H and O–H groups in total. The van der Waals surface area contributed by atoms with Crippen molar-refractivity contribution in [1.29, 1.82) is 5.26 Å². The minimum Gasteiger partial charge on any atom is -0.364 e. The number of anilines is 3. The lowest BCUT2D eigenvalue weighted by atomic mass is 9.85. The van der Waals surface area contributed by atoms with Gasteiger partial charge in [0.1, 0.15) is 12.0 Å². The Labute approximate surface area is 244 Å². The van der Waals surface area contributed by atoms with E-state index in [4.69, 9.17) is 4.98 Å². The quantitative estimate of drug-likeness (QED) is 0.470. The number of piperazine rings is 2. The van der Waals surface area contributed by atoms with Crippen molar-refractivity contribution in [2.24, 2.45) is 5.41 Å². The Morgan fingerprint density at radius 3 is 2.57 bits per heavy atom. The zero-order chi connectivity index (χ0) is 28.8. The highest BCUT2D eigenvalue weighted by Gasteiger charge is 2.51. The second-order valence-corrected chi connectivity index (χ2v) is 12.2. The summed E-state index contributed by atoms with van der Waals surface area (Å²) in [4.78, 5) is 39.6. The fourth-order valence-electron chi connectivity index (χ4n) is 7.16. The van der Waals surface area contributed by atoms with E-state index >= 15 is 0 Å². The van der Waals surface area contributed by atoms with Gasteiger partial charge in [0.2, 0.25) is 17.8 Å². The van der Waals surface area contributed by atoms with E-state index in [9.17, 15) is 14.9 Å². The van der Waals surface area contributed by atoms with Crippen molar-refractivity contribution < 1.29 is 9.59 Å². The summed E-state index contributed by atoms with van der Waals surface area (Å²) in [6.07, 6.45) is 10.5. The third kappa shape index (κ3) is 4.73. The highest BCUT2D eigenvalue weighted by molar-refractivity contribution is 5.87. The number of nitrogens with one attached hydrogen (secondary N) is 1. The van der Waals surface area contributed by atoms with Gasteiger partial charge in [-0.3, -0.25) is 14.3 Å². The van der Waals surface area contributed by atoms with Crippen LogP contribution < -0.4 is 10.2 Å². The van der Waals surface area contributed by atoms with E-state index in [0.29, 0.717) is 37.6 Å². The molecule has 0 radical (unpaired) electrons. The Morgan fingerprint density at radius 2 is 1.86 bits per heavy atom. The molecule has 1 saturated carbocycles. The molecular weight excluding hydrogens is 534 g/mol. The summed E-state index contributed by atoms with van der Waals surface area (Å²) in [5, 5.41) is 22.1. The molecule has 220 valence electrons. The first kappa shape index (κ1) is 26.7. The summed E-state index contributed by atoms with van der Waals surface area (Å²) >= 11 is 0. The van der Waals surface area contributed by atoms with E-state index in [1.807, 2.05) is 22.1 Å². The molecule has 0 spiro atoms. The van der Waals surface area contributed by atoms with Gasteiger partial charge < -0.3 is 24.9 Å². The van der Waals surface area contributed by atoms with Gasteiger partial charge >= 0.3 is 0 Å². The van der Waals surface area contributed by atoms with E-state index < -0.39 is 5.41 Å². The Kier molecular flexibility index (Phi) is 6.73. The van der Waals surface area contributed by atoms with Crippen LogP contribution in [-0.2, 0) is 16.1 Å². The van der Waals surface area contributed by atoms with Crippen LogP contribution in [0.25, 0.3) is 5.65 Å². The molecule has 2 unspecified atom stereocenters. The molecular formula is C29H37N11O2. The number of likely N-dealkylation sites (N-methyl/N-ethyl adjacent to an activating group) is 1. The molecule has 13 heteroatoms. The molecule has 0 aromatic carbocycles. The Morgan fingerprint density at radius 1 is 1.12 bits per heavy atom. The first-order valence-electron chi connectivity index (χ1n) is 15.0. The van der Waals surface area contributed by atoms with Crippen LogP contribution in [0.3, 0.4) is 0 Å². The Hall–Kier alpha value is -4.18. The number of carbonyl (C=O) groups excluding carboxylic acids is 2. The summed E-state index contributed by atoms with van der Waals surface area (Å²) < 4.78 is 3.41. The summed E-state index contributed by atoms with van der Waals surface area (Å²) in [6, 6.07) is 6.62. The lowest BCUT2D eigenvalue weighted by Gasteiger charge is -2.44. The van der Waals surface area contributed by atoms with Crippen molar-refractivity contribution in [2.75, 3.05) is 56.5 Å². The minimum atomic E-state index is -0.831. The standard InChI is InChI=1S/C29H37N11O2/c1-35-11-13-36(14-12-35)25(41)19-38-16-21(15-31-38)32-28-33-26-24(5-4-10-39(26)34-28)37-17-22-6-7-23(18-37)40(22)27(42)29(20-30)8-2-3-9-29/h4-5,10,15-16,22-23H,2-3,6-9,11-14,17-19H2,1H3,(H,32,34). The average Bonchev–Trinajstić information content (AvgIpc) is 3.79. The van der Waals surface area contributed by atoms with Crippen LogP contribution in [0.15, 0.2) is 30.7 Å². The van der Waals surface area contributed by atoms with Gasteiger partial charge in [0, 0.05) is 63.7 Å². The van der Waals surface area contributed by atoms with Gasteiger partial charge in [-0.05, 0) is 44.9 Å². The predicted octanol–water partition coefficient (Wildman–Crippen LogP) is 1.71. The zero-order valence-electron chi connectivity index (χ0n) is 24.0. The van der Waals surface area contributed by atoms with Gasteiger partial charge in [-0.15, -0.1) is 5.10 Å². The maximum Gasteiger partial charge on any atom is 0.247 e. The smallest absolute Gasteiger partial charge is 0.247 e. The molecule has 3 saturated heterocycles. The first-order chi connectivity index (χ1) is 20.4. The van der Waals surface area contributed by atoms with Crippen molar-refractivity contribution >= 4 is 34.8 Å². The van der Waals surface area contributed by atoms with E-state index in [1.54, 1.807) is 21.6 Å². The number of aromatic nitrogens is 5. The van der Waals surface area contributed by atoms with Crippen molar-refractivity contribution in [2.45, 2.75) is 57.2 Å². The van der Waals surface area contributed by atoms with Crippen LogP contribution in [0.5, 0.6) is 0 Å². The maximum absolute atomic E-state index is 13.6. The predicted molar refractivity (Wildman–Crippen MR) is 155 cm³/mol. The highest BCUT2D eigenvalue weighted by Crippen LogP contribution is 2.43. The molecule has 2 amide bonds. The van der Waals surface area contributed by atoms with Gasteiger partial charge in [0.25, 0.3) is 0 Å². The maximum atomic E-state index is 13.6. The lowest BCUT2D eigenvalue weighted by molar-refractivity contribution is -0.142. The van der Waals surface area contributed by atoms with Crippen LogP contribution in [0.1, 0.15) is 38.5 Å². The molecule has 2 bridgehead atoms. The number of carbonyl (C=O) groups is 2. The lowest BCUT2D eigenvalue weighted by Crippen LogP contribution is -2.58. The normalized spacial score (nSPS) is 23.9. The van der Waals surface area contributed by atoms with Crippen LogP contribution in [0, 0.1) is 16.7 Å². The number of nitriles is 1. The fraction of sp³-hybridized carbons (Fsp3) is 0.586. The van der Waals surface area contributed by atoms with Crippen molar-refractivity contribution in [3.63, 3.8) is 0 Å². The molecule has 13 nitrogen and oxygen atoms in total. The summed E-state index contributed by atoms with van der Waals surface area (Å²) in [5.41, 5.74) is 1.59. The Balaban J connectivity index is 1.04. The largest absolute Gasteiger partial charge is 0.364 e. The van der Waals surface area contributed by atoms with E-state index in [-0.39, 0.29) is 30.4 Å². The molecule has 3 aromatic rings. The van der Waals surface area contributed by atoms with E-state index in [2.05, 4.69) is 44.5 Å². The van der Waals surface area contributed by atoms with Gasteiger partial charge in [0.05, 0.1) is 23.6 Å². The van der Waals surface area contributed by atoms with Gasteiger partial charge in [0.15, 0.2) is 5.65 Å². The van der Waals surface area contributed by atoms with Gasteiger partial charge in [-0.1, -0.05) is 12.8 Å². The molecule has 42 heavy (non-hydrogen) atoms. The Bertz CT molecular complexity index is 1510. The minimum absolute atomic E-state index is 0.0487. The molecule has 3 aromatic heterocycles. The van der Waals surface area contributed by atoms with Crippen LogP contribution in [0.2, 0.25) is 0 Å². The van der Waals surface area contributed by atoms with Crippen LogP contribution >= 0.6 is 0 Å². The third-order valence-electron chi connectivity index (χ3n) is 9.52. The van der Waals surface area contributed by atoms with Crippen molar-refractivity contribution in [3.8, 4) is 6.07 Å². The molecule has 6 heterocycles. The number of hydrogen-bond donors (Lipinski definition) is 1. The number of hydrogen-bond acceptors (Lipinski definition) is 9. The first-order valence-corrected chi connectivity index (χ1v) is 15.0. The summed E-state index contributed by atoms with van der Waals surface area (Å²) in [7, 11) is 2.07. The van der Waals surface area contributed by atoms with E-state index in [1.165, 1.54) is 0 Å². The summed E-state index contributed by atoms with van der Waals surface area (Å²) in [6.45, 7) is 4.87. The highest BCUT2D eigenvalue weighted by atomic mass is 16.2. The van der Waals surface area contributed by atoms with Gasteiger partial charge in [-0.25, -0.2) is 4.52 Å². The monoisotopic (exact) mass is 571 g/mol. The van der Waals surface area contributed by atoms with Crippen molar-refractivity contribution in [1.82, 2.24) is 39.1 Å². The second kappa shape index (κ2) is 10.6. The average molecular weight is 572 g/mol. The SMILES string of the molecule is CN1CCN(C(=O)Cn2cc(Nc3nc4c(N5CC6CCC(C5)N6C(=O)C5(C#N)CCCC5)cccn4n3)cn2)CC1. The second-order valence-electron chi connectivity index (χ2n) is 12.2. The number of fused-ring (bicyclic) bond motifs is 3. The molecule has 4 aliphatic rings.